The molecule has 0 saturated heterocycles. The maximum absolute atomic E-state index is 11.7. The minimum absolute atomic E-state index is 0.0387. The van der Waals surface area contributed by atoms with Crippen molar-refractivity contribution in [2.45, 2.75) is 25.8 Å². The van der Waals surface area contributed by atoms with Gasteiger partial charge in [0.25, 0.3) is 5.91 Å². The van der Waals surface area contributed by atoms with E-state index >= 15 is 0 Å². The Morgan fingerprint density at radius 2 is 2.31 bits per heavy atom. The van der Waals surface area contributed by atoms with E-state index in [1.54, 1.807) is 10.9 Å². The molecule has 88 valence electrons. The summed E-state index contributed by atoms with van der Waals surface area (Å²) in [6, 6.07) is 0.692. The molecule has 5 heteroatoms. The zero-order valence-corrected chi connectivity index (χ0v) is 9.79. The number of hydrogen-bond acceptors (Lipinski definition) is 3. The van der Waals surface area contributed by atoms with Crippen LogP contribution in [0.4, 0.5) is 0 Å². The highest BCUT2D eigenvalue weighted by Crippen LogP contribution is 2.17. The van der Waals surface area contributed by atoms with Gasteiger partial charge in [0.15, 0.2) is 0 Å². The number of carbonyl (C=O) groups excluding carboxylic acids is 1. The van der Waals surface area contributed by atoms with Crippen molar-refractivity contribution in [1.82, 2.24) is 20.4 Å². The van der Waals surface area contributed by atoms with Crippen molar-refractivity contribution in [2.24, 2.45) is 7.05 Å². The average molecular weight is 222 g/mol. The molecule has 1 aliphatic rings. The van der Waals surface area contributed by atoms with Gasteiger partial charge in [-0.05, 0) is 19.8 Å². The Labute approximate surface area is 95.2 Å². The van der Waals surface area contributed by atoms with Crippen LogP contribution in [-0.4, -0.2) is 34.8 Å². The second-order valence-electron chi connectivity index (χ2n) is 4.29. The van der Waals surface area contributed by atoms with Gasteiger partial charge in [-0.1, -0.05) is 0 Å². The molecule has 0 aliphatic heterocycles. The first-order chi connectivity index (χ1) is 7.66. The highest BCUT2D eigenvalue weighted by Gasteiger charge is 2.19. The first-order valence-electron chi connectivity index (χ1n) is 5.68. The molecule has 2 rings (SSSR count). The van der Waals surface area contributed by atoms with E-state index < -0.39 is 0 Å². The Kier molecular flexibility index (Phi) is 3.24. The molecule has 1 amide bonds. The minimum atomic E-state index is -0.0387. The third-order valence-electron chi connectivity index (χ3n) is 2.68. The van der Waals surface area contributed by atoms with Crippen molar-refractivity contribution in [3.63, 3.8) is 0 Å². The fourth-order valence-electron chi connectivity index (χ4n) is 1.66. The molecule has 1 aromatic rings. The van der Waals surface area contributed by atoms with E-state index in [4.69, 9.17) is 0 Å². The summed E-state index contributed by atoms with van der Waals surface area (Å²) in [7, 11) is 1.82. The summed E-state index contributed by atoms with van der Waals surface area (Å²) in [6.07, 6.45) is 4.30. The summed E-state index contributed by atoms with van der Waals surface area (Å²) in [4.78, 5) is 11.7. The summed E-state index contributed by atoms with van der Waals surface area (Å²) in [5, 5.41) is 10.4. The molecule has 5 nitrogen and oxygen atoms in total. The molecule has 0 bridgehead atoms. The fourth-order valence-corrected chi connectivity index (χ4v) is 1.66. The molecule has 0 radical (unpaired) electrons. The average Bonchev–Trinajstić information content (AvgIpc) is 2.98. The first-order valence-corrected chi connectivity index (χ1v) is 5.68. The van der Waals surface area contributed by atoms with Crippen LogP contribution in [0.5, 0.6) is 0 Å². The topological polar surface area (TPSA) is 59.0 Å². The Bertz CT molecular complexity index is 381. The van der Waals surface area contributed by atoms with Gasteiger partial charge in [0.1, 0.15) is 0 Å². The molecule has 1 heterocycles. The smallest absolute Gasteiger partial charge is 0.254 e. The van der Waals surface area contributed by atoms with Crippen LogP contribution in [0.1, 0.15) is 28.9 Å². The van der Waals surface area contributed by atoms with Gasteiger partial charge in [-0.15, -0.1) is 0 Å². The van der Waals surface area contributed by atoms with Crippen LogP contribution in [0.25, 0.3) is 0 Å². The van der Waals surface area contributed by atoms with Gasteiger partial charge in [-0.2, -0.15) is 5.10 Å². The van der Waals surface area contributed by atoms with Gasteiger partial charge in [0.2, 0.25) is 0 Å². The third kappa shape index (κ3) is 2.82. The standard InChI is InChI=1S/C11H18N4O/c1-8-10(7-15(2)14-8)11(16)13-6-5-12-9-3-4-9/h7,9,12H,3-6H2,1-2H3,(H,13,16). The van der Waals surface area contributed by atoms with E-state index in [1.807, 2.05) is 14.0 Å². The van der Waals surface area contributed by atoms with E-state index in [1.165, 1.54) is 12.8 Å². The van der Waals surface area contributed by atoms with E-state index in [2.05, 4.69) is 15.7 Å². The predicted octanol–water partition coefficient (Wildman–Crippen LogP) is 0.210. The summed E-state index contributed by atoms with van der Waals surface area (Å²) in [5.41, 5.74) is 1.43. The number of rotatable bonds is 5. The second-order valence-corrected chi connectivity index (χ2v) is 4.29. The molecule has 0 atom stereocenters. The monoisotopic (exact) mass is 222 g/mol. The van der Waals surface area contributed by atoms with Gasteiger partial charge in [0.05, 0.1) is 11.3 Å². The van der Waals surface area contributed by atoms with E-state index in [0.717, 1.165) is 12.2 Å². The molecule has 1 aliphatic carbocycles. The number of amides is 1. The van der Waals surface area contributed by atoms with Gasteiger partial charge in [-0.25, -0.2) is 0 Å². The maximum Gasteiger partial charge on any atom is 0.254 e. The lowest BCUT2D eigenvalue weighted by atomic mass is 10.2. The van der Waals surface area contributed by atoms with Crippen LogP contribution in [0.15, 0.2) is 6.20 Å². The molecule has 1 saturated carbocycles. The van der Waals surface area contributed by atoms with Gasteiger partial charge in [-0.3, -0.25) is 9.48 Å². The largest absolute Gasteiger partial charge is 0.351 e. The SMILES string of the molecule is Cc1nn(C)cc1C(=O)NCCNC1CC1. The molecule has 1 fully saturated rings. The highest BCUT2D eigenvalue weighted by atomic mass is 16.1. The minimum Gasteiger partial charge on any atom is -0.351 e. The zero-order valence-electron chi connectivity index (χ0n) is 9.79. The van der Waals surface area contributed by atoms with Crippen LogP contribution in [0, 0.1) is 6.92 Å². The number of aryl methyl sites for hydroxylation is 2. The fraction of sp³-hybridized carbons (Fsp3) is 0.636. The van der Waals surface area contributed by atoms with Crippen LogP contribution >= 0.6 is 0 Å². The Balaban J connectivity index is 1.75. The summed E-state index contributed by atoms with van der Waals surface area (Å²) in [5.74, 6) is -0.0387. The van der Waals surface area contributed by atoms with Gasteiger partial charge >= 0.3 is 0 Å². The van der Waals surface area contributed by atoms with E-state index in [0.29, 0.717) is 18.2 Å². The van der Waals surface area contributed by atoms with Gasteiger partial charge < -0.3 is 10.6 Å². The number of carbonyl (C=O) groups is 1. The second kappa shape index (κ2) is 4.65. The van der Waals surface area contributed by atoms with Crippen molar-refractivity contribution in [3.8, 4) is 0 Å². The van der Waals surface area contributed by atoms with Gasteiger partial charge in [0, 0.05) is 32.4 Å². The third-order valence-corrected chi connectivity index (χ3v) is 2.68. The van der Waals surface area contributed by atoms with Crippen LogP contribution < -0.4 is 10.6 Å². The Morgan fingerprint density at radius 1 is 1.56 bits per heavy atom. The first kappa shape index (κ1) is 11.1. The molecular formula is C11H18N4O. The Morgan fingerprint density at radius 3 is 2.88 bits per heavy atom. The lowest BCUT2D eigenvalue weighted by molar-refractivity contribution is 0.0953. The van der Waals surface area contributed by atoms with Crippen molar-refractivity contribution >= 4 is 5.91 Å². The number of aromatic nitrogens is 2. The summed E-state index contributed by atoms with van der Waals surface area (Å²) in [6.45, 7) is 3.36. The lowest BCUT2D eigenvalue weighted by Crippen LogP contribution is -2.32. The van der Waals surface area contributed by atoms with Crippen molar-refractivity contribution in [1.29, 1.82) is 0 Å². The molecule has 2 N–H and O–H groups in total. The van der Waals surface area contributed by atoms with E-state index in [-0.39, 0.29) is 5.91 Å². The Hall–Kier alpha value is -1.36. The normalized spacial score (nSPS) is 15.1. The van der Waals surface area contributed by atoms with Crippen LogP contribution in [0.3, 0.4) is 0 Å². The number of nitrogens with zero attached hydrogens (tertiary/aromatic N) is 2. The number of nitrogens with one attached hydrogen (secondary N) is 2. The van der Waals surface area contributed by atoms with E-state index in [9.17, 15) is 4.79 Å². The molecule has 0 spiro atoms. The van der Waals surface area contributed by atoms with Crippen molar-refractivity contribution in [2.75, 3.05) is 13.1 Å². The lowest BCUT2D eigenvalue weighted by Gasteiger charge is -2.04. The molecule has 0 aromatic carbocycles. The summed E-state index contributed by atoms with van der Waals surface area (Å²) >= 11 is 0. The number of hydrogen-bond donors (Lipinski definition) is 2. The zero-order chi connectivity index (χ0) is 11.5. The highest BCUT2D eigenvalue weighted by molar-refractivity contribution is 5.94. The van der Waals surface area contributed by atoms with Crippen molar-refractivity contribution < 1.29 is 4.79 Å². The van der Waals surface area contributed by atoms with Crippen LogP contribution in [-0.2, 0) is 7.05 Å². The molecule has 16 heavy (non-hydrogen) atoms. The quantitative estimate of drug-likeness (QED) is 0.700. The predicted molar refractivity (Wildman–Crippen MR) is 61.3 cm³/mol. The molecule has 1 aromatic heterocycles. The van der Waals surface area contributed by atoms with Crippen LogP contribution in [0.2, 0.25) is 0 Å². The molecular weight excluding hydrogens is 204 g/mol. The van der Waals surface area contributed by atoms with Crippen molar-refractivity contribution in [3.05, 3.63) is 17.5 Å². The maximum atomic E-state index is 11.7. The summed E-state index contributed by atoms with van der Waals surface area (Å²) < 4.78 is 1.66. The molecule has 0 unspecified atom stereocenters.